The molecule has 0 saturated carbocycles. The highest BCUT2D eigenvalue weighted by Gasteiger charge is 2.29. The molecule has 1 saturated heterocycles. The molecule has 35 heavy (non-hydrogen) atoms. The van der Waals surface area contributed by atoms with Crippen molar-refractivity contribution in [3.8, 4) is 11.5 Å². The number of ether oxygens (including phenoxy) is 2. The highest BCUT2D eigenvalue weighted by molar-refractivity contribution is 5.95. The SMILES string of the molecule is CNC(=O)c1cccc([C@H]2CN(C(=O)c3ccc(OC)c(OCc4ccccn4)c3)CCN2C)c1. The van der Waals surface area contributed by atoms with Gasteiger partial charge in [0.1, 0.15) is 6.61 Å². The topological polar surface area (TPSA) is 84.0 Å². The minimum absolute atomic E-state index is 0.0181. The van der Waals surface area contributed by atoms with E-state index >= 15 is 0 Å². The molecule has 1 atom stereocenters. The van der Waals surface area contributed by atoms with E-state index in [-0.39, 0.29) is 24.5 Å². The van der Waals surface area contributed by atoms with Crippen molar-refractivity contribution in [1.82, 2.24) is 20.1 Å². The van der Waals surface area contributed by atoms with E-state index in [2.05, 4.69) is 15.2 Å². The fourth-order valence-electron chi connectivity index (χ4n) is 4.19. The molecule has 1 N–H and O–H groups in total. The van der Waals surface area contributed by atoms with Crippen molar-refractivity contribution in [2.75, 3.05) is 40.8 Å². The second-order valence-corrected chi connectivity index (χ2v) is 8.43. The average molecular weight is 475 g/mol. The van der Waals surface area contributed by atoms with Crippen LogP contribution in [0.25, 0.3) is 0 Å². The van der Waals surface area contributed by atoms with Gasteiger partial charge in [-0.1, -0.05) is 18.2 Å². The van der Waals surface area contributed by atoms with E-state index in [1.54, 1.807) is 44.6 Å². The maximum absolute atomic E-state index is 13.5. The van der Waals surface area contributed by atoms with Gasteiger partial charge in [0.2, 0.25) is 0 Å². The normalized spacial score (nSPS) is 16.0. The Morgan fingerprint density at radius 3 is 2.63 bits per heavy atom. The largest absolute Gasteiger partial charge is 0.493 e. The number of nitrogens with zero attached hydrogens (tertiary/aromatic N) is 3. The number of pyridine rings is 1. The van der Waals surface area contributed by atoms with Crippen LogP contribution < -0.4 is 14.8 Å². The predicted molar refractivity (Wildman–Crippen MR) is 133 cm³/mol. The summed E-state index contributed by atoms with van der Waals surface area (Å²) in [6, 6.07) is 18.4. The molecule has 2 aromatic carbocycles. The molecule has 0 bridgehead atoms. The lowest BCUT2D eigenvalue weighted by Crippen LogP contribution is -2.49. The number of hydrogen-bond acceptors (Lipinski definition) is 6. The molecule has 2 amide bonds. The summed E-state index contributed by atoms with van der Waals surface area (Å²) in [5.41, 5.74) is 2.92. The molecule has 1 aromatic heterocycles. The van der Waals surface area contributed by atoms with Crippen LogP contribution in [0.15, 0.2) is 66.9 Å². The predicted octanol–water partition coefficient (Wildman–Crippen LogP) is 3.16. The maximum Gasteiger partial charge on any atom is 0.254 e. The van der Waals surface area contributed by atoms with Gasteiger partial charge in [0.25, 0.3) is 11.8 Å². The Morgan fingerprint density at radius 2 is 1.89 bits per heavy atom. The number of amides is 2. The molecule has 4 rings (SSSR count). The number of likely N-dealkylation sites (N-methyl/N-ethyl adjacent to an activating group) is 1. The van der Waals surface area contributed by atoms with Crippen LogP contribution >= 0.6 is 0 Å². The molecule has 8 nitrogen and oxygen atoms in total. The van der Waals surface area contributed by atoms with Crippen molar-refractivity contribution in [3.63, 3.8) is 0 Å². The molecule has 2 heterocycles. The molecule has 182 valence electrons. The summed E-state index contributed by atoms with van der Waals surface area (Å²) in [6.07, 6.45) is 1.71. The number of benzene rings is 2. The van der Waals surface area contributed by atoms with Gasteiger partial charge < -0.3 is 19.7 Å². The molecule has 0 radical (unpaired) electrons. The lowest BCUT2D eigenvalue weighted by atomic mass is 9.99. The summed E-state index contributed by atoms with van der Waals surface area (Å²) in [5.74, 6) is 0.846. The quantitative estimate of drug-likeness (QED) is 0.566. The number of hydrogen-bond donors (Lipinski definition) is 1. The second-order valence-electron chi connectivity index (χ2n) is 8.43. The van der Waals surface area contributed by atoms with E-state index < -0.39 is 0 Å². The average Bonchev–Trinajstić information content (AvgIpc) is 2.91. The van der Waals surface area contributed by atoms with Gasteiger partial charge in [-0.15, -0.1) is 0 Å². The Kier molecular flexibility index (Phi) is 7.62. The lowest BCUT2D eigenvalue weighted by molar-refractivity contribution is 0.0545. The van der Waals surface area contributed by atoms with Gasteiger partial charge in [-0.25, -0.2) is 0 Å². The minimum Gasteiger partial charge on any atom is -0.493 e. The molecule has 0 unspecified atom stereocenters. The first kappa shape index (κ1) is 24.2. The van der Waals surface area contributed by atoms with Gasteiger partial charge in [-0.3, -0.25) is 19.5 Å². The van der Waals surface area contributed by atoms with Crippen molar-refractivity contribution in [2.24, 2.45) is 0 Å². The smallest absolute Gasteiger partial charge is 0.254 e. The lowest BCUT2D eigenvalue weighted by Gasteiger charge is -2.40. The van der Waals surface area contributed by atoms with E-state index in [0.29, 0.717) is 35.7 Å². The molecule has 8 heteroatoms. The Bertz CT molecular complexity index is 1180. The van der Waals surface area contributed by atoms with E-state index in [1.807, 2.05) is 48.3 Å². The highest BCUT2D eigenvalue weighted by atomic mass is 16.5. The van der Waals surface area contributed by atoms with E-state index in [0.717, 1.165) is 17.8 Å². The zero-order valence-corrected chi connectivity index (χ0v) is 20.2. The first-order valence-corrected chi connectivity index (χ1v) is 11.5. The summed E-state index contributed by atoms with van der Waals surface area (Å²) >= 11 is 0. The second kappa shape index (κ2) is 11.0. The monoisotopic (exact) mass is 474 g/mol. The van der Waals surface area contributed by atoms with Crippen LogP contribution in [0.4, 0.5) is 0 Å². The molecule has 0 spiro atoms. The Morgan fingerprint density at radius 1 is 1.03 bits per heavy atom. The van der Waals surface area contributed by atoms with Gasteiger partial charge in [-0.05, 0) is 55.1 Å². The van der Waals surface area contributed by atoms with Gasteiger partial charge in [0.05, 0.1) is 18.8 Å². The fraction of sp³-hybridized carbons (Fsp3) is 0.296. The maximum atomic E-state index is 13.5. The number of carbonyl (C=O) groups is 2. The fourth-order valence-corrected chi connectivity index (χ4v) is 4.19. The molecule has 1 aliphatic heterocycles. The Balaban J connectivity index is 1.52. The molecule has 3 aromatic rings. The molecule has 1 aliphatic rings. The van der Waals surface area contributed by atoms with Gasteiger partial charge >= 0.3 is 0 Å². The number of aromatic nitrogens is 1. The third kappa shape index (κ3) is 5.60. The van der Waals surface area contributed by atoms with E-state index in [9.17, 15) is 9.59 Å². The van der Waals surface area contributed by atoms with Crippen LogP contribution in [0, 0.1) is 0 Å². The third-order valence-corrected chi connectivity index (χ3v) is 6.21. The van der Waals surface area contributed by atoms with Crippen molar-refractivity contribution < 1.29 is 19.1 Å². The van der Waals surface area contributed by atoms with Gasteiger partial charge in [-0.2, -0.15) is 0 Å². The standard InChI is InChI=1S/C27H30N4O4/c1-28-26(32)20-8-6-7-19(15-20)23-17-31(14-13-30(23)2)27(33)21-10-11-24(34-3)25(16-21)35-18-22-9-4-5-12-29-22/h4-12,15-16,23H,13-14,17-18H2,1-3H3,(H,28,32)/t23-/m1/s1. The van der Waals surface area contributed by atoms with Crippen LogP contribution in [-0.4, -0.2) is 67.4 Å². The zero-order chi connectivity index (χ0) is 24.8. The van der Waals surface area contributed by atoms with Crippen LogP contribution in [-0.2, 0) is 6.61 Å². The molecule has 0 aliphatic carbocycles. The highest BCUT2D eigenvalue weighted by Crippen LogP contribution is 2.31. The van der Waals surface area contributed by atoms with E-state index in [4.69, 9.17) is 9.47 Å². The number of carbonyl (C=O) groups excluding carboxylic acids is 2. The van der Waals surface area contributed by atoms with Crippen molar-refractivity contribution in [2.45, 2.75) is 12.6 Å². The van der Waals surface area contributed by atoms with Crippen LogP contribution in [0.3, 0.4) is 0 Å². The summed E-state index contributed by atoms with van der Waals surface area (Å²) in [7, 11) is 5.23. The molecular weight excluding hydrogens is 444 g/mol. The Labute approximate surface area is 205 Å². The van der Waals surface area contributed by atoms with Gasteiger partial charge in [0, 0.05) is 44.0 Å². The summed E-state index contributed by atoms with van der Waals surface area (Å²) in [5, 5.41) is 2.66. The summed E-state index contributed by atoms with van der Waals surface area (Å²) in [4.78, 5) is 33.9. The summed E-state index contributed by atoms with van der Waals surface area (Å²) < 4.78 is 11.4. The number of methoxy groups -OCH3 is 1. The zero-order valence-electron chi connectivity index (χ0n) is 20.2. The molecular formula is C27H30N4O4. The first-order chi connectivity index (χ1) is 17.0. The van der Waals surface area contributed by atoms with Gasteiger partial charge in [0.15, 0.2) is 11.5 Å². The first-order valence-electron chi connectivity index (χ1n) is 11.5. The molecule has 1 fully saturated rings. The summed E-state index contributed by atoms with van der Waals surface area (Å²) in [6.45, 7) is 2.12. The van der Waals surface area contributed by atoms with Crippen molar-refractivity contribution in [1.29, 1.82) is 0 Å². The minimum atomic E-state index is -0.130. The van der Waals surface area contributed by atoms with Crippen LogP contribution in [0.2, 0.25) is 0 Å². The third-order valence-electron chi connectivity index (χ3n) is 6.21. The Hall–Kier alpha value is -3.91. The number of piperazine rings is 1. The van der Waals surface area contributed by atoms with Crippen LogP contribution in [0.5, 0.6) is 11.5 Å². The van der Waals surface area contributed by atoms with Crippen LogP contribution in [0.1, 0.15) is 38.0 Å². The van der Waals surface area contributed by atoms with Crippen molar-refractivity contribution in [3.05, 3.63) is 89.2 Å². The van der Waals surface area contributed by atoms with Crippen molar-refractivity contribution >= 4 is 11.8 Å². The number of nitrogens with one attached hydrogen (secondary N) is 1. The number of rotatable bonds is 7. The van der Waals surface area contributed by atoms with E-state index in [1.165, 1.54) is 0 Å².